The van der Waals surface area contributed by atoms with Crippen LogP contribution in [0.2, 0.25) is 0 Å². The normalized spacial score (nSPS) is 14.8. The first-order chi connectivity index (χ1) is 24.0. The number of aliphatic imine (C=N–C) groups is 1. The van der Waals surface area contributed by atoms with E-state index in [2.05, 4.69) is 144 Å². The second-order valence-electron chi connectivity index (χ2n) is 13.0. The number of rotatable bonds is 7. The molecule has 1 aliphatic heterocycles. The molecule has 1 heterocycles. The summed E-state index contributed by atoms with van der Waals surface area (Å²) >= 11 is 0. The number of hydrogen-bond donors (Lipinski definition) is 2. The largest absolute Gasteiger partial charge is 0.358 e. The SMILES string of the molecule is CC1(C)c2ccccc2-c2ccc(N(c3ccc(C(=N)C(=C4C=NC=CN4)c4ccccc4)cc3)c3ccc(-c4ccccc4)cc3)cc21. The van der Waals surface area contributed by atoms with Crippen LogP contribution >= 0.6 is 0 Å². The number of fused-ring (bicyclic) bond motifs is 3. The van der Waals surface area contributed by atoms with E-state index >= 15 is 0 Å². The van der Waals surface area contributed by atoms with Gasteiger partial charge in [0.2, 0.25) is 0 Å². The van der Waals surface area contributed by atoms with Gasteiger partial charge in [0.1, 0.15) is 0 Å². The van der Waals surface area contributed by atoms with Gasteiger partial charge in [-0.05, 0) is 75.3 Å². The molecule has 0 saturated carbocycles. The molecule has 6 aromatic rings. The highest BCUT2D eigenvalue weighted by molar-refractivity contribution is 6.33. The van der Waals surface area contributed by atoms with Crippen molar-refractivity contribution in [3.05, 3.63) is 192 Å². The van der Waals surface area contributed by atoms with Crippen LogP contribution in [0.1, 0.15) is 36.1 Å². The summed E-state index contributed by atoms with van der Waals surface area (Å²) in [6.07, 6.45) is 5.29. The minimum Gasteiger partial charge on any atom is -0.358 e. The summed E-state index contributed by atoms with van der Waals surface area (Å²) in [6.45, 7) is 4.64. The van der Waals surface area contributed by atoms with E-state index in [4.69, 9.17) is 0 Å². The molecule has 0 saturated heterocycles. The second kappa shape index (κ2) is 12.4. The Morgan fingerprint density at radius 3 is 1.88 bits per heavy atom. The molecule has 4 nitrogen and oxygen atoms in total. The van der Waals surface area contributed by atoms with E-state index in [9.17, 15) is 5.41 Å². The number of nitrogens with one attached hydrogen (secondary N) is 2. The Morgan fingerprint density at radius 2 is 1.18 bits per heavy atom. The zero-order valence-corrected chi connectivity index (χ0v) is 27.6. The van der Waals surface area contributed by atoms with Gasteiger partial charge in [0.25, 0.3) is 0 Å². The van der Waals surface area contributed by atoms with Crippen molar-refractivity contribution < 1.29 is 0 Å². The van der Waals surface area contributed by atoms with Gasteiger partial charge in [-0.1, -0.05) is 129 Å². The van der Waals surface area contributed by atoms with Crippen LogP contribution in [0.5, 0.6) is 0 Å². The molecule has 0 unspecified atom stereocenters. The number of nitrogens with zero attached hydrogens (tertiary/aromatic N) is 2. The average molecular weight is 633 g/mol. The number of anilines is 3. The minimum absolute atomic E-state index is 0.114. The highest BCUT2D eigenvalue weighted by Crippen LogP contribution is 2.50. The maximum atomic E-state index is 9.37. The lowest BCUT2D eigenvalue weighted by atomic mass is 9.82. The summed E-state index contributed by atoms with van der Waals surface area (Å²) in [5, 5.41) is 12.7. The van der Waals surface area contributed by atoms with Crippen molar-refractivity contribution in [3.63, 3.8) is 0 Å². The van der Waals surface area contributed by atoms with Crippen LogP contribution < -0.4 is 10.2 Å². The van der Waals surface area contributed by atoms with Gasteiger partial charge in [-0.15, -0.1) is 0 Å². The van der Waals surface area contributed by atoms with Crippen molar-refractivity contribution in [2.45, 2.75) is 19.3 Å². The fourth-order valence-corrected chi connectivity index (χ4v) is 7.13. The zero-order chi connectivity index (χ0) is 33.4. The van der Waals surface area contributed by atoms with Crippen molar-refractivity contribution >= 4 is 34.6 Å². The van der Waals surface area contributed by atoms with Gasteiger partial charge in [-0.2, -0.15) is 0 Å². The lowest BCUT2D eigenvalue weighted by Gasteiger charge is -2.28. The summed E-state index contributed by atoms with van der Waals surface area (Å²) < 4.78 is 0. The molecule has 0 atom stereocenters. The molecule has 49 heavy (non-hydrogen) atoms. The lowest BCUT2D eigenvalue weighted by molar-refractivity contribution is 0.660. The van der Waals surface area contributed by atoms with Crippen molar-refractivity contribution in [1.82, 2.24) is 5.32 Å². The van der Waals surface area contributed by atoms with Gasteiger partial charge in [-0.3, -0.25) is 10.4 Å². The predicted molar refractivity (Wildman–Crippen MR) is 205 cm³/mol. The average Bonchev–Trinajstić information content (AvgIpc) is 3.39. The van der Waals surface area contributed by atoms with Crippen LogP contribution in [0.4, 0.5) is 17.1 Å². The summed E-state index contributed by atoms with van der Waals surface area (Å²) in [5.74, 6) is 0. The van der Waals surface area contributed by atoms with Gasteiger partial charge in [0.05, 0.1) is 17.6 Å². The lowest BCUT2D eigenvalue weighted by Crippen LogP contribution is -2.17. The Bertz CT molecular complexity index is 2260. The number of allylic oxidation sites excluding steroid dienone is 2. The topological polar surface area (TPSA) is 51.5 Å². The van der Waals surface area contributed by atoms with Gasteiger partial charge in [0, 0.05) is 46.0 Å². The molecule has 0 amide bonds. The van der Waals surface area contributed by atoms with Gasteiger partial charge in [0.15, 0.2) is 0 Å². The summed E-state index contributed by atoms with van der Waals surface area (Å²) in [7, 11) is 0. The molecule has 0 aromatic heterocycles. The van der Waals surface area contributed by atoms with E-state index in [0.717, 1.165) is 39.5 Å². The molecule has 2 N–H and O–H groups in total. The second-order valence-corrected chi connectivity index (χ2v) is 13.0. The minimum atomic E-state index is -0.114. The fraction of sp³-hybridized carbons (Fsp3) is 0.0667. The smallest absolute Gasteiger partial charge is 0.0712 e. The molecule has 1 aliphatic carbocycles. The Morgan fingerprint density at radius 1 is 0.592 bits per heavy atom. The summed E-state index contributed by atoms with van der Waals surface area (Å²) in [6, 6.07) is 53.3. The van der Waals surface area contributed by atoms with E-state index in [0.29, 0.717) is 5.71 Å². The fourth-order valence-electron chi connectivity index (χ4n) is 7.13. The van der Waals surface area contributed by atoms with E-state index in [1.54, 1.807) is 18.6 Å². The van der Waals surface area contributed by atoms with Crippen LogP contribution in [0, 0.1) is 5.41 Å². The zero-order valence-electron chi connectivity index (χ0n) is 27.6. The van der Waals surface area contributed by atoms with Crippen molar-refractivity contribution in [1.29, 1.82) is 5.41 Å². The van der Waals surface area contributed by atoms with Crippen molar-refractivity contribution in [3.8, 4) is 22.3 Å². The van der Waals surface area contributed by atoms with E-state index in [1.807, 2.05) is 36.4 Å². The Hall–Kier alpha value is -6.26. The third-order valence-corrected chi connectivity index (χ3v) is 9.66. The monoisotopic (exact) mass is 632 g/mol. The summed E-state index contributed by atoms with van der Waals surface area (Å²) in [5.41, 5.74) is 14.5. The molecule has 0 radical (unpaired) electrons. The van der Waals surface area contributed by atoms with Gasteiger partial charge >= 0.3 is 0 Å². The number of hydrogen-bond acceptors (Lipinski definition) is 4. The van der Waals surface area contributed by atoms with E-state index in [1.165, 1.54) is 33.4 Å². The van der Waals surface area contributed by atoms with Crippen molar-refractivity contribution in [2.24, 2.45) is 4.99 Å². The number of benzene rings is 6. The van der Waals surface area contributed by atoms with Gasteiger partial charge < -0.3 is 10.2 Å². The molecular weight excluding hydrogens is 597 g/mol. The molecule has 4 heteroatoms. The van der Waals surface area contributed by atoms with Crippen LogP contribution in [-0.2, 0) is 5.41 Å². The molecular formula is C45H36N4. The maximum absolute atomic E-state index is 9.37. The quantitative estimate of drug-likeness (QED) is 0.172. The molecule has 8 rings (SSSR count). The maximum Gasteiger partial charge on any atom is 0.0712 e. The van der Waals surface area contributed by atoms with Gasteiger partial charge in [-0.25, -0.2) is 0 Å². The Balaban J connectivity index is 1.21. The third-order valence-electron chi connectivity index (χ3n) is 9.66. The van der Waals surface area contributed by atoms with Crippen LogP contribution in [-0.4, -0.2) is 11.9 Å². The van der Waals surface area contributed by atoms with Crippen LogP contribution in [0.3, 0.4) is 0 Å². The first kappa shape index (κ1) is 30.1. The Labute approximate surface area is 288 Å². The first-order valence-corrected chi connectivity index (χ1v) is 16.6. The highest BCUT2D eigenvalue weighted by atomic mass is 15.1. The highest BCUT2D eigenvalue weighted by Gasteiger charge is 2.35. The molecule has 2 aliphatic rings. The van der Waals surface area contributed by atoms with Crippen LogP contribution in [0.25, 0.3) is 27.8 Å². The third kappa shape index (κ3) is 5.47. The van der Waals surface area contributed by atoms with Crippen LogP contribution in [0.15, 0.2) is 175 Å². The van der Waals surface area contributed by atoms with E-state index < -0.39 is 0 Å². The molecule has 0 bridgehead atoms. The molecule has 0 fully saturated rings. The summed E-state index contributed by atoms with van der Waals surface area (Å²) in [4.78, 5) is 6.65. The molecule has 0 spiro atoms. The molecule has 236 valence electrons. The molecule has 6 aromatic carbocycles. The van der Waals surface area contributed by atoms with Crippen molar-refractivity contribution in [2.75, 3.05) is 4.90 Å². The van der Waals surface area contributed by atoms with E-state index in [-0.39, 0.29) is 5.41 Å². The Kier molecular flexibility index (Phi) is 7.62. The standard InChI is InChI=1S/C45H36N4/c1-45(2)40-16-10-9-15-38(40)39-26-25-37(29-41(39)45)49(35-21-17-32(18-22-35)31-11-5-3-6-12-31)36-23-19-34(20-24-36)44(46)43(33-13-7-4-8-14-33)42-30-47-27-28-48-42/h3-30,46,48H,1-2H3. The predicted octanol–water partition coefficient (Wildman–Crippen LogP) is 11.1. The first-order valence-electron chi connectivity index (χ1n) is 16.6.